The number of carbonyl (C=O) groups excluding carboxylic acids is 1. The van der Waals surface area contributed by atoms with Crippen molar-refractivity contribution in [3.8, 4) is 0 Å². The minimum Gasteiger partial charge on any atom is -0.337 e. The summed E-state index contributed by atoms with van der Waals surface area (Å²) in [6, 6.07) is 3.13. The normalized spacial score (nSPS) is 15.3. The lowest BCUT2D eigenvalue weighted by Crippen LogP contribution is -2.38. The topological polar surface area (TPSA) is 77.2 Å². The van der Waals surface area contributed by atoms with Gasteiger partial charge in [0, 0.05) is 27.2 Å². The molecule has 2 aromatic rings. The first-order valence-corrected chi connectivity index (χ1v) is 7.37. The molecule has 22 heavy (non-hydrogen) atoms. The molecule has 1 aliphatic rings. The Labute approximate surface area is 126 Å². The summed E-state index contributed by atoms with van der Waals surface area (Å²) in [5.41, 5.74) is -0.330. The van der Waals surface area contributed by atoms with Crippen LogP contribution in [0.4, 0.5) is 0 Å². The van der Waals surface area contributed by atoms with Crippen molar-refractivity contribution >= 4 is 16.9 Å². The van der Waals surface area contributed by atoms with Gasteiger partial charge in [0.05, 0.1) is 5.39 Å². The van der Waals surface area contributed by atoms with Crippen LogP contribution in [0.25, 0.3) is 11.0 Å². The Kier molecular flexibility index (Phi) is 3.56. The summed E-state index contributed by atoms with van der Waals surface area (Å²) in [5, 5.41) is 0.333. The molecule has 7 nitrogen and oxygen atoms in total. The zero-order chi connectivity index (χ0) is 15.9. The molecule has 1 saturated heterocycles. The maximum Gasteiger partial charge on any atom is 0.332 e. The first kappa shape index (κ1) is 14.5. The third-order valence-corrected chi connectivity index (χ3v) is 4.16. The Balaban J connectivity index is 2.12. The molecule has 0 radical (unpaired) electrons. The van der Waals surface area contributed by atoms with Gasteiger partial charge in [0.1, 0.15) is 11.3 Å². The first-order chi connectivity index (χ1) is 10.5. The number of piperidine rings is 1. The van der Waals surface area contributed by atoms with E-state index in [0.717, 1.165) is 36.9 Å². The van der Waals surface area contributed by atoms with Gasteiger partial charge in [-0.2, -0.15) is 0 Å². The van der Waals surface area contributed by atoms with Crippen LogP contribution in [0, 0.1) is 0 Å². The maximum atomic E-state index is 12.5. The van der Waals surface area contributed by atoms with Crippen LogP contribution in [0.15, 0.2) is 21.7 Å². The minimum atomic E-state index is -0.451. The van der Waals surface area contributed by atoms with Gasteiger partial charge in [-0.15, -0.1) is 0 Å². The van der Waals surface area contributed by atoms with Crippen molar-refractivity contribution in [3.63, 3.8) is 0 Å². The second-order valence-corrected chi connectivity index (χ2v) is 5.63. The fourth-order valence-electron chi connectivity index (χ4n) is 2.83. The van der Waals surface area contributed by atoms with E-state index in [1.807, 2.05) is 0 Å². The number of amides is 1. The monoisotopic (exact) mass is 302 g/mol. The molecular formula is C15H18N4O3. The highest BCUT2D eigenvalue weighted by Crippen LogP contribution is 2.13. The fourth-order valence-corrected chi connectivity index (χ4v) is 2.83. The summed E-state index contributed by atoms with van der Waals surface area (Å²) < 4.78 is 2.33. The van der Waals surface area contributed by atoms with Crippen LogP contribution in [0.2, 0.25) is 0 Å². The number of pyridine rings is 1. The number of rotatable bonds is 1. The SMILES string of the molecule is Cn1c(=O)c2ccc(C(=O)N3CCCCC3)nc2n(C)c1=O. The van der Waals surface area contributed by atoms with Crippen molar-refractivity contribution in [1.82, 2.24) is 19.0 Å². The number of nitrogens with zero attached hydrogens (tertiary/aromatic N) is 4. The molecule has 0 N–H and O–H groups in total. The highest BCUT2D eigenvalue weighted by atomic mass is 16.2. The first-order valence-electron chi connectivity index (χ1n) is 7.37. The Morgan fingerprint density at radius 3 is 2.41 bits per heavy atom. The van der Waals surface area contributed by atoms with Gasteiger partial charge in [0.15, 0.2) is 0 Å². The predicted molar refractivity (Wildman–Crippen MR) is 82.0 cm³/mol. The van der Waals surface area contributed by atoms with Crippen LogP contribution in [0.3, 0.4) is 0 Å². The summed E-state index contributed by atoms with van der Waals surface area (Å²) in [7, 11) is 2.98. The van der Waals surface area contributed by atoms with Crippen LogP contribution in [-0.2, 0) is 14.1 Å². The van der Waals surface area contributed by atoms with Gasteiger partial charge in [-0.3, -0.25) is 18.7 Å². The summed E-state index contributed by atoms with van der Waals surface area (Å²) >= 11 is 0. The lowest BCUT2D eigenvalue weighted by molar-refractivity contribution is 0.0718. The molecule has 3 heterocycles. The molecular weight excluding hydrogens is 284 g/mol. The van der Waals surface area contributed by atoms with E-state index in [-0.39, 0.29) is 17.2 Å². The van der Waals surface area contributed by atoms with Crippen molar-refractivity contribution in [3.05, 3.63) is 38.7 Å². The van der Waals surface area contributed by atoms with Gasteiger partial charge in [-0.1, -0.05) is 0 Å². The molecule has 3 rings (SSSR count). The number of aromatic nitrogens is 3. The van der Waals surface area contributed by atoms with Crippen LogP contribution in [0.5, 0.6) is 0 Å². The molecule has 0 atom stereocenters. The van der Waals surface area contributed by atoms with E-state index in [1.54, 1.807) is 24.1 Å². The smallest absolute Gasteiger partial charge is 0.332 e. The number of likely N-dealkylation sites (tertiary alicyclic amines) is 1. The molecule has 1 fully saturated rings. The third kappa shape index (κ3) is 2.22. The van der Waals surface area contributed by atoms with Crippen molar-refractivity contribution in [2.24, 2.45) is 14.1 Å². The van der Waals surface area contributed by atoms with Crippen molar-refractivity contribution in [1.29, 1.82) is 0 Å². The molecule has 0 aliphatic carbocycles. The van der Waals surface area contributed by atoms with E-state index in [1.165, 1.54) is 11.6 Å². The number of fused-ring (bicyclic) bond motifs is 1. The Morgan fingerprint density at radius 1 is 1.05 bits per heavy atom. The Bertz CT molecular complexity index is 859. The van der Waals surface area contributed by atoms with Gasteiger partial charge in [0.25, 0.3) is 11.5 Å². The van der Waals surface area contributed by atoms with Crippen LogP contribution < -0.4 is 11.2 Å². The Morgan fingerprint density at radius 2 is 1.73 bits per heavy atom. The van der Waals surface area contributed by atoms with E-state index >= 15 is 0 Å². The van der Waals surface area contributed by atoms with Gasteiger partial charge >= 0.3 is 5.69 Å². The van der Waals surface area contributed by atoms with Crippen molar-refractivity contribution in [2.45, 2.75) is 19.3 Å². The minimum absolute atomic E-state index is 0.144. The number of hydrogen-bond donors (Lipinski definition) is 0. The number of hydrogen-bond acceptors (Lipinski definition) is 4. The van der Waals surface area contributed by atoms with Crippen LogP contribution in [-0.4, -0.2) is 38.0 Å². The maximum absolute atomic E-state index is 12.5. The number of aryl methyl sites for hydroxylation is 1. The summed E-state index contributed by atoms with van der Waals surface area (Å²) in [6.07, 6.45) is 3.14. The molecule has 7 heteroatoms. The molecule has 2 aromatic heterocycles. The molecule has 0 bridgehead atoms. The van der Waals surface area contributed by atoms with Crippen LogP contribution in [0.1, 0.15) is 29.8 Å². The zero-order valence-corrected chi connectivity index (χ0v) is 12.7. The summed E-state index contributed by atoms with van der Waals surface area (Å²) in [4.78, 5) is 42.6. The van der Waals surface area contributed by atoms with Gasteiger partial charge in [-0.05, 0) is 31.4 Å². The highest BCUT2D eigenvalue weighted by Gasteiger charge is 2.20. The molecule has 0 spiro atoms. The highest BCUT2D eigenvalue weighted by molar-refractivity contribution is 5.94. The van der Waals surface area contributed by atoms with Gasteiger partial charge < -0.3 is 4.90 Å². The molecule has 0 saturated carbocycles. The predicted octanol–water partition coefficient (Wildman–Crippen LogP) is 0.258. The van der Waals surface area contributed by atoms with Gasteiger partial charge in [0.2, 0.25) is 0 Å². The molecule has 116 valence electrons. The third-order valence-electron chi connectivity index (χ3n) is 4.16. The fraction of sp³-hybridized carbons (Fsp3) is 0.467. The quantitative estimate of drug-likeness (QED) is 0.757. The second kappa shape index (κ2) is 5.40. The number of carbonyl (C=O) groups is 1. The van der Waals surface area contributed by atoms with E-state index in [4.69, 9.17) is 0 Å². The average Bonchev–Trinajstić information content (AvgIpc) is 2.57. The van der Waals surface area contributed by atoms with Gasteiger partial charge in [-0.25, -0.2) is 9.78 Å². The second-order valence-electron chi connectivity index (χ2n) is 5.63. The van der Waals surface area contributed by atoms with E-state index in [2.05, 4.69) is 4.98 Å². The van der Waals surface area contributed by atoms with E-state index in [0.29, 0.717) is 5.39 Å². The Hall–Kier alpha value is -2.44. The molecule has 1 aliphatic heterocycles. The zero-order valence-electron chi connectivity index (χ0n) is 12.7. The molecule has 1 amide bonds. The average molecular weight is 302 g/mol. The lowest BCUT2D eigenvalue weighted by atomic mass is 10.1. The molecule has 0 unspecified atom stereocenters. The van der Waals surface area contributed by atoms with E-state index in [9.17, 15) is 14.4 Å². The summed E-state index contributed by atoms with van der Waals surface area (Å²) in [5.74, 6) is -0.144. The molecule has 0 aromatic carbocycles. The largest absolute Gasteiger partial charge is 0.337 e. The lowest BCUT2D eigenvalue weighted by Gasteiger charge is -2.26. The van der Waals surface area contributed by atoms with Crippen molar-refractivity contribution in [2.75, 3.05) is 13.1 Å². The standard InChI is InChI=1S/C15H18N4O3/c1-17-12-10(13(20)18(2)15(17)22)6-7-11(16-12)14(21)19-8-4-3-5-9-19/h6-7H,3-5,8-9H2,1-2H3. The van der Waals surface area contributed by atoms with E-state index < -0.39 is 11.2 Å². The van der Waals surface area contributed by atoms with Crippen LogP contribution >= 0.6 is 0 Å². The van der Waals surface area contributed by atoms with Crippen molar-refractivity contribution < 1.29 is 4.79 Å². The summed E-state index contributed by atoms with van der Waals surface area (Å²) in [6.45, 7) is 1.46.